The van der Waals surface area contributed by atoms with Crippen molar-refractivity contribution in [1.82, 2.24) is 0 Å². The molecule has 2 nitrogen and oxygen atoms in total. The average molecular weight is 421 g/mol. The molecule has 0 saturated carbocycles. The van der Waals surface area contributed by atoms with Gasteiger partial charge in [-0.3, -0.25) is 4.79 Å². The van der Waals surface area contributed by atoms with Crippen LogP contribution in [0, 0.1) is 5.92 Å². The van der Waals surface area contributed by atoms with Crippen molar-refractivity contribution in [2.24, 2.45) is 5.92 Å². The van der Waals surface area contributed by atoms with Gasteiger partial charge in [0.25, 0.3) is 0 Å². The molecule has 30 heavy (non-hydrogen) atoms. The zero-order valence-electron chi connectivity index (χ0n) is 20.4. The summed E-state index contributed by atoms with van der Waals surface area (Å²) >= 11 is 0. The lowest BCUT2D eigenvalue weighted by molar-refractivity contribution is -0.137. The minimum absolute atomic E-state index is 0.281. The first-order valence-electron chi connectivity index (χ1n) is 13.1. The summed E-state index contributed by atoms with van der Waals surface area (Å²) in [5.41, 5.74) is 0. The normalized spacial score (nSPS) is 12.0. The monoisotopic (exact) mass is 420 g/mol. The van der Waals surface area contributed by atoms with E-state index < -0.39 is 5.97 Å². The molecule has 176 valence electrons. The SMILES string of the molecule is CC(C)CCCCCCCCCCCCCCC/C=C/CC/C=C/CCCC(=O)O. The smallest absolute Gasteiger partial charge is 0.303 e. The Bertz CT molecular complexity index is 409. The Labute approximate surface area is 188 Å². The zero-order chi connectivity index (χ0) is 22.1. The van der Waals surface area contributed by atoms with Gasteiger partial charge in [0.15, 0.2) is 0 Å². The van der Waals surface area contributed by atoms with Crippen LogP contribution in [0.1, 0.15) is 142 Å². The van der Waals surface area contributed by atoms with Crippen LogP contribution in [0.3, 0.4) is 0 Å². The van der Waals surface area contributed by atoms with E-state index in [0.717, 1.165) is 31.6 Å². The van der Waals surface area contributed by atoms with Crippen molar-refractivity contribution in [3.63, 3.8) is 0 Å². The highest BCUT2D eigenvalue weighted by molar-refractivity contribution is 5.66. The molecule has 1 N–H and O–H groups in total. The van der Waals surface area contributed by atoms with Crippen LogP contribution < -0.4 is 0 Å². The van der Waals surface area contributed by atoms with Crippen LogP contribution in [-0.2, 0) is 4.79 Å². The van der Waals surface area contributed by atoms with Gasteiger partial charge in [0.1, 0.15) is 0 Å². The van der Waals surface area contributed by atoms with E-state index >= 15 is 0 Å². The molecule has 0 spiro atoms. The lowest BCUT2D eigenvalue weighted by atomic mass is 10.0. The quantitative estimate of drug-likeness (QED) is 0.132. The van der Waals surface area contributed by atoms with E-state index in [1.807, 2.05) is 0 Å². The van der Waals surface area contributed by atoms with Gasteiger partial charge in [0.2, 0.25) is 0 Å². The highest BCUT2D eigenvalue weighted by Gasteiger charge is 1.96. The second-order valence-corrected chi connectivity index (χ2v) is 9.37. The topological polar surface area (TPSA) is 37.3 Å². The summed E-state index contributed by atoms with van der Waals surface area (Å²) in [5.74, 6) is 0.184. The molecule has 0 bridgehead atoms. The van der Waals surface area contributed by atoms with E-state index in [-0.39, 0.29) is 6.42 Å². The Balaban J connectivity index is 3.14. The van der Waals surface area contributed by atoms with Gasteiger partial charge in [-0.1, -0.05) is 122 Å². The van der Waals surface area contributed by atoms with Gasteiger partial charge >= 0.3 is 5.97 Å². The summed E-state index contributed by atoms with van der Waals surface area (Å²) in [6, 6.07) is 0. The summed E-state index contributed by atoms with van der Waals surface area (Å²) in [5, 5.41) is 8.56. The Hall–Kier alpha value is -1.05. The van der Waals surface area contributed by atoms with Crippen molar-refractivity contribution in [3.8, 4) is 0 Å². The highest BCUT2D eigenvalue weighted by Crippen LogP contribution is 2.14. The van der Waals surface area contributed by atoms with Crippen molar-refractivity contribution in [1.29, 1.82) is 0 Å². The minimum Gasteiger partial charge on any atom is -0.481 e. The van der Waals surface area contributed by atoms with E-state index in [0.29, 0.717) is 0 Å². The summed E-state index contributed by atoms with van der Waals surface area (Å²) in [6.07, 6.45) is 34.2. The molecule has 0 aromatic rings. The Morgan fingerprint density at radius 2 is 0.933 bits per heavy atom. The number of carboxylic acid groups (broad SMARTS) is 1. The predicted octanol–water partition coefficient (Wildman–Crippen LogP) is 9.64. The molecule has 0 aliphatic rings. The third-order valence-electron chi connectivity index (χ3n) is 5.75. The first-order valence-corrected chi connectivity index (χ1v) is 13.1. The number of carboxylic acids is 1. The van der Waals surface area contributed by atoms with Crippen molar-refractivity contribution in [2.45, 2.75) is 142 Å². The van der Waals surface area contributed by atoms with Gasteiger partial charge in [-0.05, 0) is 44.4 Å². The highest BCUT2D eigenvalue weighted by atomic mass is 16.4. The largest absolute Gasteiger partial charge is 0.481 e. The molecular weight excluding hydrogens is 368 g/mol. The second-order valence-electron chi connectivity index (χ2n) is 9.37. The number of unbranched alkanes of at least 4 members (excludes halogenated alkanes) is 15. The zero-order valence-corrected chi connectivity index (χ0v) is 20.4. The van der Waals surface area contributed by atoms with Gasteiger partial charge in [0.05, 0.1) is 0 Å². The number of carbonyl (C=O) groups is 1. The number of hydrogen-bond acceptors (Lipinski definition) is 1. The van der Waals surface area contributed by atoms with E-state index in [1.54, 1.807) is 0 Å². The lowest BCUT2D eigenvalue weighted by Gasteiger charge is -2.04. The molecule has 2 heteroatoms. The third kappa shape index (κ3) is 27.0. The van der Waals surface area contributed by atoms with Gasteiger partial charge in [-0.2, -0.15) is 0 Å². The Morgan fingerprint density at radius 1 is 0.567 bits per heavy atom. The summed E-state index contributed by atoms with van der Waals surface area (Å²) in [4.78, 5) is 10.4. The number of hydrogen-bond donors (Lipinski definition) is 1. The van der Waals surface area contributed by atoms with Crippen LogP contribution >= 0.6 is 0 Å². The lowest BCUT2D eigenvalue weighted by Crippen LogP contribution is -1.92. The maximum absolute atomic E-state index is 10.4. The van der Waals surface area contributed by atoms with Gasteiger partial charge < -0.3 is 5.11 Å². The molecule has 0 radical (unpaired) electrons. The minimum atomic E-state index is -0.695. The van der Waals surface area contributed by atoms with Crippen molar-refractivity contribution in [2.75, 3.05) is 0 Å². The van der Waals surface area contributed by atoms with Crippen LogP contribution in [0.4, 0.5) is 0 Å². The van der Waals surface area contributed by atoms with Gasteiger partial charge in [-0.15, -0.1) is 0 Å². The first kappa shape index (κ1) is 28.9. The van der Waals surface area contributed by atoms with E-state index in [4.69, 9.17) is 5.11 Å². The fraction of sp³-hybridized carbons (Fsp3) is 0.821. The van der Waals surface area contributed by atoms with Crippen molar-refractivity contribution in [3.05, 3.63) is 24.3 Å². The van der Waals surface area contributed by atoms with Crippen LogP contribution in [0.2, 0.25) is 0 Å². The molecule has 0 saturated heterocycles. The molecule has 0 aromatic heterocycles. The first-order chi connectivity index (χ1) is 14.6. The van der Waals surface area contributed by atoms with E-state index in [1.165, 1.54) is 96.3 Å². The van der Waals surface area contributed by atoms with E-state index in [2.05, 4.69) is 38.2 Å². The Morgan fingerprint density at radius 3 is 1.37 bits per heavy atom. The number of aliphatic carboxylic acids is 1. The maximum atomic E-state index is 10.4. The fourth-order valence-corrected chi connectivity index (χ4v) is 3.79. The summed E-state index contributed by atoms with van der Waals surface area (Å²) in [6.45, 7) is 4.66. The molecule has 0 heterocycles. The van der Waals surface area contributed by atoms with Gasteiger partial charge in [0, 0.05) is 6.42 Å². The molecule has 0 unspecified atom stereocenters. The molecule has 0 aromatic carbocycles. The molecule has 0 aliphatic heterocycles. The third-order valence-corrected chi connectivity index (χ3v) is 5.75. The maximum Gasteiger partial charge on any atom is 0.303 e. The molecule has 0 aliphatic carbocycles. The molecular formula is C28H52O2. The summed E-state index contributed by atoms with van der Waals surface area (Å²) in [7, 11) is 0. The van der Waals surface area contributed by atoms with Crippen LogP contribution in [0.25, 0.3) is 0 Å². The van der Waals surface area contributed by atoms with Crippen LogP contribution in [0.15, 0.2) is 24.3 Å². The van der Waals surface area contributed by atoms with Crippen molar-refractivity contribution >= 4 is 5.97 Å². The molecule has 0 atom stereocenters. The molecule has 0 amide bonds. The van der Waals surface area contributed by atoms with Crippen LogP contribution in [-0.4, -0.2) is 11.1 Å². The van der Waals surface area contributed by atoms with Gasteiger partial charge in [-0.25, -0.2) is 0 Å². The second kappa shape index (κ2) is 24.2. The Kier molecular flexibility index (Phi) is 23.4. The fourth-order valence-electron chi connectivity index (χ4n) is 3.79. The predicted molar refractivity (Wildman–Crippen MR) is 133 cm³/mol. The average Bonchev–Trinajstić information content (AvgIpc) is 2.70. The number of allylic oxidation sites excluding steroid dienone is 4. The molecule has 0 fully saturated rings. The van der Waals surface area contributed by atoms with Crippen molar-refractivity contribution < 1.29 is 9.90 Å². The molecule has 0 rings (SSSR count). The number of rotatable bonds is 23. The summed E-state index contributed by atoms with van der Waals surface area (Å²) < 4.78 is 0. The van der Waals surface area contributed by atoms with E-state index in [9.17, 15) is 4.79 Å². The standard InChI is InChI=1S/C28H52O2/c1-27(2)25-23-21-19-17-15-13-11-9-7-5-3-4-6-8-10-12-14-16-18-20-22-24-26-28(29)30/h10,12,18,20,27H,3-9,11,13-17,19,21-26H2,1-2H3,(H,29,30)/b12-10+,20-18+. The van der Waals surface area contributed by atoms with Crippen LogP contribution in [0.5, 0.6) is 0 Å².